The molecule has 0 aliphatic rings. The molecule has 0 aliphatic carbocycles. The average Bonchev–Trinajstić information content (AvgIpc) is 2.64. The van der Waals surface area contributed by atoms with Crippen molar-refractivity contribution >= 4 is 17.0 Å². The van der Waals surface area contributed by atoms with E-state index in [0.29, 0.717) is 0 Å². The molecule has 2 aromatic rings. The summed E-state index contributed by atoms with van der Waals surface area (Å²) >= 11 is 0. The molecule has 0 atom stereocenters. The summed E-state index contributed by atoms with van der Waals surface area (Å²) < 4.78 is 1.71. The molecule has 2 rings (SSSR count). The van der Waals surface area contributed by atoms with Gasteiger partial charge in [-0.1, -0.05) is 12.1 Å². The smallest absolute Gasteiger partial charge is 0.110 e. The molecule has 0 aliphatic heterocycles. The fourth-order valence-corrected chi connectivity index (χ4v) is 1.90. The van der Waals surface area contributed by atoms with E-state index < -0.39 is 5.97 Å². The molecule has 90 valence electrons. The first-order valence-corrected chi connectivity index (χ1v) is 5.65. The maximum Gasteiger partial charge on any atom is 0.110 e. The summed E-state index contributed by atoms with van der Waals surface area (Å²) in [4.78, 5) is 15.2. The standard InChI is InChI=1S/C12H15N3O2/c13-7-3-6-11-14-9-4-1-2-5-10(9)15(11)8-12(16)17/h1-2,4-5H,3,6-8,13H2,(H,16,17). The number of hydrogen-bond donors (Lipinski definition) is 1. The van der Waals surface area contributed by atoms with E-state index in [1.165, 1.54) is 0 Å². The molecule has 0 radical (unpaired) electrons. The number of carboxylic acid groups (broad SMARTS) is 1. The van der Waals surface area contributed by atoms with Gasteiger partial charge in [0.1, 0.15) is 5.82 Å². The zero-order valence-electron chi connectivity index (χ0n) is 9.56. The first-order chi connectivity index (χ1) is 8.22. The Morgan fingerprint density at radius 2 is 2.18 bits per heavy atom. The number of aryl methyl sites for hydroxylation is 1. The SMILES string of the molecule is [NH3+]CCCc1nc2ccccc2n1CC(=O)[O-]. The first-order valence-electron chi connectivity index (χ1n) is 5.65. The lowest BCUT2D eigenvalue weighted by Gasteiger charge is -2.09. The predicted molar refractivity (Wildman–Crippen MR) is 60.8 cm³/mol. The van der Waals surface area contributed by atoms with Crippen LogP contribution in [-0.2, 0) is 17.8 Å². The summed E-state index contributed by atoms with van der Waals surface area (Å²) in [6.45, 7) is 0.668. The molecule has 17 heavy (non-hydrogen) atoms. The van der Waals surface area contributed by atoms with E-state index in [-0.39, 0.29) is 6.54 Å². The number of rotatable bonds is 5. The minimum absolute atomic E-state index is 0.146. The molecule has 0 amide bonds. The fraction of sp³-hybridized carbons (Fsp3) is 0.333. The van der Waals surface area contributed by atoms with Crippen molar-refractivity contribution in [1.29, 1.82) is 0 Å². The minimum atomic E-state index is -1.09. The maximum absolute atomic E-state index is 10.8. The van der Waals surface area contributed by atoms with Gasteiger partial charge in [-0.15, -0.1) is 0 Å². The van der Waals surface area contributed by atoms with Gasteiger partial charge in [-0.2, -0.15) is 0 Å². The van der Waals surface area contributed by atoms with Gasteiger partial charge in [-0.3, -0.25) is 0 Å². The van der Waals surface area contributed by atoms with E-state index in [2.05, 4.69) is 10.7 Å². The van der Waals surface area contributed by atoms with E-state index in [0.717, 1.165) is 36.2 Å². The van der Waals surface area contributed by atoms with Crippen molar-refractivity contribution in [2.75, 3.05) is 6.54 Å². The van der Waals surface area contributed by atoms with Crippen molar-refractivity contribution in [2.45, 2.75) is 19.4 Å². The van der Waals surface area contributed by atoms with Crippen LogP contribution in [0.15, 0.2) is 24.3 Å². The molecule has 0 bridgehead atoms. The largest absolute Gasteiger partial charge is 0.548 e. The number of hydrogen-bond acceptors (Lipinski definition) is 3. The highest BCUT2D eigenvalue weighted by molar-refractivity contribution is 5.78. The number of quaternary nitrogens is 1. The number of carboxylic acids is 1. The molecule has 3 N–H and O–H groups in total. The molecule has 1 aromatic heterocycles. The monoisotopic (exact) mass is 233 g/mol. The zero-order chi connectivity index (χ0) is 12.3. The second-order valence-electron chi connectivity index (χ2n) is 3.93. The number of para-hydroxylation sites is 2. The molecule has 1 aromatic carbocycles. The number of nitrogens with zero attached hydrogens (tertiary/aromatic N) is 2. The van der Waals surface area contributed by atoms with E-state index in [1.54, 1.807) is 4.57 Å². The topological polar surface area (TPSA) is 85.6 Å². The highest BCUT2D eigenvalue weighted by Gasteiger charge is 2.09. The molecule has 1 heterocycles. The van der Waals surface area contributed by atoms with Crippen LogP contribution in [0.3, 0.4) is 0 Å². The summed E-state index contributed by atoms with van der Waals surface area (Å²) in [6, 6.07) is 7.53. The van der Waals surface area contributed by atoms with Gasteiger partial charge in [0.05, 0.1) is 30.1 Å². The Bertz CT molecular complexity index is 534. The number of carbonyl (C=O) groups excluding carboxylic acids is 1. The normalized spacial score (nSPS) is 10.9. The molecular formula is C12H15N3O2. The Kier molecular flexibility index (Phi) is 3.39. The third-order valence-electron chi connectivity index (χ3n) is 2.67. The van der Waals surface area contributed by atoms with E-state index in [9.17, 15) is 9.90 Å². The molecule has 0 saturated heterocycles. The summed E-state index contributed by atoms with van der Waals surface area (Å²) in [5, 5.41) is 10.8. The molecule has 0 spiro atoms. The van der Waals surface area contributed by atoms with Crippen molar-refractivity contribution in [1.82, 2.24) is 9.55 Å². The van der Waals surface area contributed by atoms with Gasteiger partial charge in [0, 0.05) is 12.8 Å². The highest BCUT2D eigenvalue weighted by atomic mass is 16.4. The number of benzene rings is 1. The van der Waals surface area contributed by atoms with E-state index >= 15 is 0 Å². The fourth-order valence-electron chi connectivity index (χ4n) is 1.90. The lowest BCUT2D eigenvalue weighted by atomic mass is 10.3. The number of aromatic nitrogens is 2. The molecule has 0 saturated carbocycles. The summed E-state index contributed by atoms with van der Waals surface area (Å²) in [6.07, 6.45) is 1.64. The van der Waals surface area contributed by atoms with Gasteiger partial charge in [-0.25, -0.2) is 4.98 Å². The van der Waals surface area contributed by atoms with Gasteiger partial charge >= 0.3 is 0 Å². The van der Waals surface area contributed by atoms with Crippen LogP contribution in [0, 0.1) is 0 Å². The van der Waals surface area contributed by atoms with Crippen LogP contribution in [0.2, 0.25) is 0 Å². The van der Waals surface area contributed by atoms with Gasteiger partial charge in [0.2, 0.25) is 0 Å². The summed E-state index contributed by atoms with van der Waals surface area (Å²) in [7, 11) is 0. The van der Waals surface area contributed by atoms with Crippen LogP contribution in [0.4, 0.5) is 0 Å². The predicted octanol–water partition coefficient (Wildman–Crippen LogP) is -1.04. The lowest BCUT2D eigenvalue weighted by Crippen LogP contribution is -2.50. The van der Waals surface area contributed by atoms with Crippen LogP contribution >= 0.6 is 0 Å². The quantitative estimate of drug-likeness (QED) is 0.715. The third kappa shape index (κ3) is 2.45. The highest BCUT2D eigenvalue weighted by Crippen LogP contribution is 2.16. The second kappa shape index (κ2) is 4.97. The summed E-state index contributed by atoms with van der Waals surface area (Å²) in [5.74, 6) is -0.303. The average molecular weight is 233 g/mol. The zero-order valence-corrected chi connectivity index (χ0v) is 9.56. The molecular weight excluding hydrogens is 218 g/mol. The summed E-state index contributed by atoms with van der Waals surface area (Å²) in [5.41, 5.74) is 5.45. The van der Waals surface area contributed by atoms with Crippen molar-refractivity contribution < 1.29 is 15.6 Å². The van der Waals surface area contributed by atoms with Crippen LogP contribution in [0.1, 0.15) is 12.2 Å². The van der Waals surface area contributed by atoms with Crippen molar-refractivity contribution in [3.63, 3.8) is 0 Å². The number of aliphatic carboxylic acids is 1. The number of imidazole rings is 1. The van der Waals surface area contributed by atoms with Crippen LogP contribution in [-0.4, -0.2) is 22.1 Å². The Morgan fingerprint density at radius 3 is 2.88 bits per heavy atom. The maximum atomic E-state index is 10.8. The second-order valence-corrected chi connectivity index (χ2v) is 3.93. The van der Waals surface area contributed by atoms with E-state index in [4.69, 9.17) is 0 Å². The number of carbonyl (C=O) groups is 1. The van der Waals surface area contributed by atoms with E-state index in [1.807, 2.05) is 24.3 Å². The van der Waals surface area contributed by atoms with Crippen molar-refractivity contribution in [2.24, 2.45) is 0 Å². The Labute approximate surface area is 98.9 Å². The van der Waals surface area contributed by atoms with Gasteiger partial charge in [0.25, 0.3) is 0 Å². The van der Waals surface area contributed by atoms with Crippen molar-refractivity contribution in [3.8, 4) is 0 Å². The van der Waals surface area contributed by atoms with Crippen LogP contribution in [0.5, 0.6) is 0 Å². The lowest BCUT2D eigenvalue weighted by molar-refractivity contribution is -0.368. The molecule has 0 fully saturated rings. The first kappa shape index (κ1) is 11.6. The Hall–Kier alpha value is -1.88. The molecule has 5 heteroatoms. The third-order valence-corrected chi connectivity index (χ3v) is 2.67. The Balaban J connectivity index is 2.44. The minimum Gasteiger partial charge on any atom is -0.548 e. The molecule has 5 nitrogen and oxygen atoms in total. The molecule has 0 unspecified atom stereocenters. The van der Waals surface area contributed by atoms with Crippen molar-refractivity contribution in [3.05, 3.63) is 30.1 Å². The van der Waals surface area contributed by atoms with Crippen LogP contribution in [0.25, 0.3) is 11.0 Å². The van der Waals surface area contributed by atoms with Gasteiger partial charge in [0.15, 0.2) is 0 Å². The van der Waals surface area contributed by atoms with Gasteiger partial charge in [-0.05, 0) is 12.1 Å². The van der Waals surface area contributed by atoms with Crippen LogP contribution < -0.4 is 10.8 Å². The Morgan fingerprint density at radius 1 is 1.41 bits per heavy atom. The van der Waals surface area contributed by atoms with Gasteiger partial charge < -0.3 is 20.2 Å². The number of fused-ring (bicyclic) bond motifs is 1.